The van der Waals surface area contributed by atoms with Crippen LogP contribution in [0.25, 0.3) is 5.70 Å². The third-order valence-electron chi connectivity index (χ3n) is 2.96. The molecule has 2 aromatic carbocycles. The lowest BCUT2D eigenvalue weighted by Crippen LogP contribution is -2.35. The number of rotatable bonds is 5. The number of amides is 1. The molecule has 3 N–H and O–H groups in total. The Morgan fingerprint density at radius 3 is 2.45 bits per heavy atom. The monoisotopic (exact) mass is 302 g/mol. The summed E-state index contributed by atoms with van der Waals surface area (Å²) in [7, 11) is 1.49. The zero-order valence-electron chi connectivity index (χ0n) is 11.9. The summed E-state index contributed by atoms with van der Waals surface area (Å²) in [5.41, 5.74) is 6.03. The molecule has 2 rings (SSSR count). The number of ether oxygens (including phenoxy) is 1. The Hall–Kier alpha value is -3.02. The zero-order chi connectivity index (χ0) is 16.1. The van der Waals surface area contributed by atoms with Crippen molar-refractivity contribution < 1.29 is 19.0 Å². The third-order valence-corrected chi connectivity index (χ3v) is 2.96. The Bertz CT molecular complexity index is 699. The van der Waals surface area contributed by atoms with Gasteiger partial charge in [0, 0.05) is 17.2 Å². The molecule has 0 radical (unpaired) electrons. The highest BCUT2D eigenvalue weighted by Crippen LogP contribution is 2.26. The van der Waals surface area contributed by atoms with Gasteiger partial charge >= 0.3 is 0 Å². The van der Waals surface area contributed by atoms with E-state index < -0.39 is 11.7 Å². The summed E-state index contributed by atoms with van der Waals surface area (Å²) in [6, 6.07) is 9.80. The van der Waals surface area contributed by atoms with Crippen molar-refractivity contribution in [2.45, 2.75) is 0 Å². The van der Waals surface area contributed by atoms with Crippen LogP contribution in [0.4, 0.5) is 4.39 Å². The Balaban J connectivity index is 2.00. The molecule has 0 atom stereocenters. The van der Waals surface area contributed by atoms with Crippen LogP contribution in [0.2, 0.25) is 0 Å². The smallest absolute Gasteiger partial charge is 0.269 e. The van der Waals surface area contributed by atoms with Crippen LogP contribution in [0.1, 0.15) is 15.9 Å². The van der Waals surface area contributed by atoms with Gasteiger partial charge in [-0.1, -0.05) is 6.58 Å². The molecule has 0 fully saturated rings. The molecule has 0 saturated heterocycles. The molecule has 0 bridgehead atoms. The quantitative estimate of drug-likeness (QED) is 0.742. The second-order valence-corrected chi connectivity index (χ2v) is 4.45. The lowest BCUT2D eigenvalue weighted by Gasteiger charge is -2.13. The first-order valence-corrected chi connectivity index (χ1v) is 6.39. The zero-order valence-corrected chi connectivity index (χ0v) is 11.9. The first kappa shape index (κ1) is 15.4. The molecule has 0 aliphatic carbocycles. The maximum absolute atomic E-state index is 12.8. The number of carbonyl (C=O) groups is 1. The van der Waals surface area contributed by atoms with Gasteiger partial charge in [-0.05, 0) is 36.4 Å². The number of hydrogen-bond acceptors (Lipinski definition) is 4. The number of phenols is 1. The minimum atomic E-state index is -0.450. The standard InChI is InChI=1S/C16H15FN2O3/c1-10(14-8-7-13(22-2)9-15(14)20)18-19-16(21)11-3-5-12(17)6-4-11/h3-9,18,20H,1H2,2H3,(H,19,21). The van der Waals surface area contributed by atoms with E-state index in [1.807, 2.05) is 0 Å². The van der Waals surface area contributed by atoms with E-state index in [9.17, 15) is 14.3 Å². The number of benzene rings is 2. The molecule has 2 aromatic rings. The largest absolute Gasteiger partial charge is 0.507 e. The van der Waals surface area contributed by atoms with Crippen molar-refractivity contribution in [1.29, 1.82) is 0 Å². The predicted octanol–water partition coefficient (Wildman–Crippen LogP) is 2.45. The minimum Gasteiger partial charge on any atom is -0.507 e. The number of nitrogens with one attached hydrogen (secondary N) is 2. The average molecular weight is 302 g/mol. The molecule has 1 amide bonds. The second-order valence-electron chi connectivity index (χ2n) is 4.45. The van der Waals surface area contributed by atoms with E-state index >= 15 is 0 Å². The Morgan fingerprint density at radius 1 is 1.18 bits per heavy atom. The number of carbonyl (C=O) groups excluding carboxylic acids is 1. The molecule has 0 aromatic heterocycles. The van der Waals surface area contributed by atoms with Crippen molar-refractivity contribution in [3.8, 4) is 11.5 Å². The molecular formula is C16H15FN2O3. The molecule has 0 aliphatic heterocycles. The van der Waals surface area contributed by atoms with Gasteiger partial charge in [0.15, 0.2) is 0 Å². The van der Waals surface area contributed by atoms with Crippen molar-refractivity contribution in [1.82, 2.24) is 10.9 Å². The number of aromatic hydroxyl groups is 1. The van der Waals surface area contributed by atoms with E-state index in [-0.39, 0.29) is 5.75 Å². The molecule has 0 saturated carbocycles. The number of methoxy groups -OCH3 is 1. The third kappa shape index (κ3) is 3.54. The molecule has 0 aliphatic rings. The normalized spacial score (nSPS) is 9.91. The summed E-state index contributed by atoms with van der Waals surface area (Å²) < 4.78 is 17.8. The first-order chi connectivity index (χ1) is 10.5. The van der Waals surface area contributed by atoms with Gasteiger partial charge in [0.25, 0.3) is 5.91 Å². The van der Waals surface area contributed by atoms with Crippen LogP contribution in [-0.2, 0) is 0 Å². The van der Waals surface area contributed by atoms with Crippen LogP contribution in [0.3, 0.4) is 0 Å². The highest BCUT2D eigenvalue weighted by molar-refractivity contribution is 5.94. The van der Waals surface area contributed by atoms with Gasteiger partial charge in [-0.25, -0.2) is 4.39 Å². The fraction of sp³-hybridized carbons (Fsp3) is 0.0625. The van der Waals surface area contributed by atoms with E-state index in [0.717, 1.165) is 0 Å². The van der Waals surface area contributed by atoms with Gasteiger partial charge < -0.3 is 9.84 Å². The van der Waals surface area contributed by atoms with Crippen LogP contribution in [0.15, 0.2) is 49.0 Å². The summed E-state index contributed by atoms with van der Waals surface area (Å²) in [6.07, 6.45) is 0. The van der Waals surface area contributed by atoms with E-state index in [4.69, 9.17) is 4.74 Å². The topological polar surface area (TPSA) is 70.6 Å². The van der Waals surface area contributed by atoms with Crippen molar-refractivity contribution in [2.75, 3.05) is 7.11 Å². The van der Waals surface area contributed by atoms with Gasteiger partial charge in [-0.15, -0.1) is 0 Å². The van der Waals surface area contributed by atoms with Gasteiger partial charge in [-0.2, -0.15) is 0 Å². The second kappa shape index (κ2) is 6.62. The van der Waals surface area contributed by atoms with Crippen molar-refractivity contribution in [3.05, 3.63) is 66.0 Å². The summed E-state index contributed by atoms with van der Waals surface area (Å²) in [4.78, 5) is 11.9. The highest BCUT2D eigenvalue weighted by atomic mass is 19.1. The van der Waals surface area contributed by atoms with E-state index in [1.165, 1.54) is 37.4 Å². The maximum Gasteiger partial charge on any atom is 0.269 e. The summed E-state index contributed by atoms with van der Waals surface area (Å²) in [5.74, 6) is -0.400. The molecule has 0 spiro atoms. The molecule has 114 valence electrons. The number of halogens is 1. The van der Waals surface area contributed by atoms with Gasteiger partial charge in [-0.3, -0.25) is 15.6 Å². The molecule has 0 unspecified atom stereocenters. The number of hydrogen-bond donors (Lipinski definition) is 3. The lowest BCUT2D eigenvalue weighted by atomic mass is 10.1. The molecule has 22 heavy (non-hydrogen) atoms. The SMILES string of the molecule is C=C(NNC(=O)c1ccc(F)cc1)c1ccc(OC)cc1O. The van der Waals surface area contributed by atoms with E-state index in [1.54, 1.807) is 12.1 Å². The van der Waals surface area contributed by atoms with Crippen molar-refractivity contribution >= 4 is 11.6 Å². The first-order valence-electron chi connectivity index (χ1n) is 6.39. The Kier molecular flexibility index (Phi) is 4.63. The Labute approximate surface area is 127 Å². The maximum atomic E-state index is 12.8. The average Bonchev–Trinajstić information content (AvgIpc) is 2.52. The van der Waals surface area contributed by atoms with Gasteiger partial charge in [0.1, 0.15) is 17.3 Å². The van der Waals surface area contributed by atoms with Crippen LogP contribution in [0.5, 0.6) is 11.5 Å². The Morgan fingerprint density at radius 2 is 1.86 bits per heavy atom. The summed E-state index contributed by atoms with van der Waals surface area (Å²) in [5, 5.41) is 9.87. The summed E-state index contributed by atoms with van der Waals surface area (Å²) >= 11 is 0. The summed E-state index contributed by atoms with van der Waals surface area (Å²) in [6.45, 7) is 3.73. The number of phenolic OH excluding ortho intramolecular Hbond substituents is 1. The fourth-order valence-corrected chi connectivity index (χ4v) is 1.77. The fourth-order valence-electron chi connectivity index (χ4n) is 1.77. The van der Waals surface area contributed by atoms with Crippen LogP contribution in [-0.4, -0.2) is 18.1 Å². The van der Waals surface area contributed by atoms with E-state index in [0.29, 0.717) is 22.6 Å². The molecule has 6 heteroatoms. The van der Waals surface area contributed by atoms with Gasteiger partial charge in [0.2, 0.25) is 0 Å². The molecular weight excluding hydrogens is 287 g/mol. The van der Waals surface area contributed by atoms with Crippen molar-refractivity contribution in [3.63, 3.8) is 0 Å². The number of hydrazine groups is 1. The van der Waals surface area contributed by atoms with Crippen molar-refractivity contribution in [2.24, 2.45) is 0 Å². The van der Waals surface area contributed by atoms with Gasteiger partial charge in [0.05, 0.1) is 12.8 Å². The van der Waals surface area contributed by atoms with E-state index in [2.05, 4.69) is 17.4 Å². The minimum absolute atomic E-state index is 0.0344. The van der Waals surface area contributed by atoms with Crippen LogP contribution >= 0.6 is 0 Å². The predicted molar refractivity (Wildman–Crippen MR) is 80.7 cm³/mol. The molecule has 5 nitrogen and oxygen atoms in total. The molecule has 0 heterocycles. The highest BCUT2D eigenvalue weighted by Gasteiger charge is 2.09. The van der Waals surface area contributed by atoms with Crippen LogP contribution < -0.4 is 15.6 Å². The lowest BCUT2D eigenvalue weighted by molar-refractivity contribution is 0.0942. The van der Waals surface area contributed by atoms with Crippen LogP contribution in [0, 0.1) is 5.82 Å².